The minimum atomic E-state index is -4.96. The lowest BCUT2D eigenvalue weighted by atomic mass is 10.0. The molecule has 0 atom stereocenters. The van der Waals surface area contributed by atoms with Crippen LogP contribution in [0.1, 0.15) is 55.2 Å². The fourth-order valence-electron chi connectivity index (χ4n) is 4.40. The monoisotopic (exact) mass is 456 g/mol. The van der Waals surface area contributed by atoms with Gasteiger partial charge < -0.3 is 9.47 Å². The van der Waals surface area contributed by atoms with Gasteiger partial charge in [0.25, 0.3) is 0 Å². The van der Waals surface area contributed by atoms with Gasteiger partial charge in [0.15, 0.2) is 0 Å². The summed E-state index contributed by atoms with van der Waals surface area (Å²) in [6.45, 7) is 5.93. The van der Waals surface area contributed by atoms with Crippen molar-refractivity contribution in [2.24, 2.45) is 0 Å². The number of aromatic nitrogens is 3. The van der Waals surface area contributed by atoms with Gasteiger partial charge in [0.05, 0.1) is 22.2 Å². The highest BCUT2D eigenvalue weighted by Crippen LogP contribution is 2.45. The number of benzene rings is 1. The highest BCUT2D eigenvalue weighted by molar-refractivity contribution is 5.95. The molecule has 3 aromatic rings. The number of rotatable bonds is 4. The van der Waals surface area contributed by atoms with Crippen molar-refractivity contribution in [3.8, 4) is 0 Å². The van der Waals surface area contributed by atoms with E-state index in [-0.39, 0.29) is 24.3 Å². The van der Waals surface area contributed by atoms with Crippen molar-refractivity contribution in [2.45, 2.75) is 58.4 Å². The zero-order valence-corrected chi connectivity index (χ0v) is 17.8. The second-order valence-corrected chi connectivity index (χ2v) is 7.95. The van der Waals surface area contributed by atoms with Crippen LogP contribution in [-0.4, -0.2) is 21.1 Å². The van der Waals surface area contributed by atoms with Crippen molar-refractivity contribution in [1.29, 1.82) is 0 Å². The van der Waals surface area contributed by atoms with E-state index in [2.05, 4.69) is 23.8 Å². The molecule has 32 heavy (non-hydrogen) atoms. The van der Waals surface area contributed by atoms with Gasteiger partial charge in [-0.2, -0.15) is 26.3 Å². The molecule has 0 saturated carbocycles. The number of alkyl halides is 6. The quantitative estimate of drug-likeness (QED) is 0.404. The molecular formula is C22H22F6N4. The molecule has 0 saturated heterocycles. The van der Waals surface area contributed by atoms with Crippen LogP contribution < -0.4 is 4.90 Å². The van der Waals surface area contributed by atoms with Crippen LogP contribution in [0.3, 0.4) is 0 Å². The van der Waals surface area contributed by atoms with E-state index in [1.807, 2.05) is 10.8 Å². The summed E-state index contributed by atoms with van der Waals surface area (Å²) in [6.07, 6.45) is -5.70. The van der Waals surface area contributed by atoms with Crippen LogP contribution in [-0.2, 0) is 18.8 Å². The lowest BCUT2D eigenvalue weighted by Crippen LogP contribution is -2.28. The van der Waals surface area contributed by atoms with E-state index in [0.717, 1.165) is 24.5 Å². The molecule has 0 amide bonds. The Morgan fingerprint density at radius 3 is 2.28 bits per heavy atom. The largest absolute Gasteiger partial charge is 0.418 e. The Bertz CT molecular complexity index is 1160. The van der Waals surface area contributed by atoms with E-state index in [4.69, 9.17) is 0 Å². The van der Waals surface area contributed by atoms with Crippen LogP contribution >= 0.6 is 0 Å². The lowest BCUT2D eigenvalue weighted by molar-refractivity contribution is -0.142. The van der Waals surface area contributed by atoms with Gasteiger partial charge in [0, 0.05) is 18.8 Å². The van der Waals surface area contributed by atoms with Crippen LogP contribution in [0.25, 0.3) is 11.0 Å². The second kappa shape index (κ2) is 7.67. The van der Waals surface area contributed by atoms with Gasteiger partial charge >= 0.3 is 12.4 Å². The van der Waals surface area contributed by atoms with Gasteiger partial charge in [-0.3, -0.25) is 0 Å². The Balaban J connectivity index is 1.94. The Labute approximate surface area is 180 Å². The first-order valence-corrected chi connectivity index (χ1v) is 10.4. The molecule has 0 fully saturated rings. The molecule has 1 aromatic carbocycles. The maximum Gasteiger partial charge on any atom is 0.418 e. The van der Waals surface area contributed by atoms with Gasteiger partial charge in [-0.15, -0.1) is 0 Å². The van der Waals surface area contributed by atoms with E-state index in [9.17, 15) is 26.3 Å². The van der Waals surface area contributed by atoms with Crippen molar-refractivity contribution < 1.29 is 26.3 Å². The fraction of sp³-hybridized carbons (Fsp3) is 0.455. The molecule has 4 rings (SSSR count). The molecular weight excluding hydrogens is 434 g/mol. The molecule has 0 aliphatic carbocycles. The summed E-state index contributed by atoms with van der Waals surface area (Å²) in [4.78, 5) is 10.3. The zero-order chi connectivity index (χ0) is 23.4. The Hall–Kier alpha value is -2.78. The van der Waals surface area contributed by atoms with Crippen molar-refractivity contribution in [3.63, 3.8) is 0 Å². The molecule has 4 nitrogen and oxygen atoms in total. The number of hydrogen-bond acceptors (Lipinski definition) is 3. The van der Waals surface area contributed by atoms with Crippen molar-refractivity contribution in [3.05, 3.63) is 46.9 Å². The number of anilines is 2. The molecule has 1 aliphatic rings. The summed E-state index contributed by atoms with van der Waals surface area (Å²) in [7, 11) is 0. The highest BCUT2D eigenvalue weighted by Gasteiger charge is 2.40. The average Bonchev–Trinajstić information content (AvgIpc) is 3.07. The third-order valence-corrected chi connectivity index (χ3v) is 5.96. The van der Waals surface area contributed by atoms with Crippen molar-refractivity contribution in [2.75, 3.05) is 11.4 Å². The first-order valence-electron chi connectivity index (χ1n) is 10.4. The normalized spacial score (nSPS) is 14.6. The number of halogens is 6. The fourth-order valence-corrected chi connectivity index (χ4v) is 4.40. The van der Waals surface area contributed by atoms with Crippen LogP contribution in [0.4, 0.5) is 37.8 Å². The van der Waals surface area contributed by atoms with E-state index < -0.39 is 23.5 Å². The number of nitrogens with zero attached hydrogens (tertiary/aromatic N) is 4. The molecule has 10 heteroatoms. The Kier molecular flexibility index (Phi) is 5.37. The minimum absolute atomic E-state index is 0.167. The molecule has 0 N–H and O–H groups in total. The number of hydrogen-bond donors (Lipinski definition) is 0. The third kappa shape index (κ3) is 3.69. The van der Waals surface area contributed by atoms with E-state index in [1.54, 1.807) is 6.92 Å². The van der Waals surface area contributed by atoms with Crippen molar-refractivity contribution >= 4 is 22.5 Å². The Morgan fingerprint density at radius 2 is 1.69 bits per heavy atom. The third-order valence-electron chi connectivity index (χ3n) is 5.96. The molecule has 1 aliphatic heterocycles. The summed E-state index contributed by atoms with van der Waals surface area (Å²) in [5.74, 6) is 0.681. The SMILES string of the molecule is CCC(CC)n1cc2c3c(nc(C)nc31)N(c1ccc(C(F)(F)F)cc1C(F)(F)F)CC2. The predicted molar refractivity (Wildman–Crippen MR) is 109 cm³/mol. The average molecular weight is 456 g/mol. The second-order valence-electron chi connectivity index (χ2n) is 7.95. The summed E-state index contributed by atoms with van der Waals surface area (Å²) in [5, 5.41) is 0.654. The topological polar surface area (TPSA) is 34.0 Å². The predicted octanol–water partition coefficient (Wildman–Crippen LogP) is 6.83. The zero-order valence-electron chi connectivity index (χ0n) is 17.8. The standard InChI is InChI=1S/C22H22F6N4/c1-4-15(5-2)32-11-13-8-9-31(19-18(13)20(32)30-12(3)29-19)17-7-6-14(21(23,24)25)10-16(17)22(26,27)28/h6-7,10-11,15H,4-5,8-9H2,1-3H3. The van der Waals surface area contributed by atoms with Gasteiger partial charge in [0.1, 0.15) is 17.3 Å². The smallest absolute Gasteiger partial charge is 0.329 e. The van der Waals surface area contributed by atoms with Gasteiger partial charge in [-0.05, 0) is 49.9 Å². The first-order chi connectivity index (χ1) is 15.0. The molecule has 0 radical (unpaired) electrons. The first kappa shape index (κ1) is 22.4. The summed E-state index contributed by atoms with van der Waals surface area (Å²) >= 11 is 0. The van der Waals surface area contributed by atoms with Crippen molar-refractivity contribution in [1.82, 2.24) is 14.5 Å². The van der Waals surface area contributed by atoms with E-state index >= 15 is 0 Å². The minimum Gasteiger partial charge on any atom is -0.329 e. The molecule has 0 bridgehead atoms. The van der Waals surface area contributed by atoms with Crippen LogP contribution in [0, 0.1) is 6.92 Å². The molecule has 2 aromatic heterocycles. The summed E-state index contributed by atoms with van der Waals surface area (Å²) < 4.78 is 82.8. The number of aryl methyl sites for hydroxylation is 1. The molecule has 3 heterocycles. The maximum atomic E-state index is 13.8. The van der Waals surface area contributed by atoms with E-state index in [0.29, 0.717) is 35.2 Å². The van der Waals surface area contributed by atoms with Crippen LogP contribution in [0.15, 0.2) is 24.4 Å². The van der Waals surface area contributed by atoms with Crippen LogP contribution in [0.5, 0.6) is 0 Å². The maximum absolute atomic E-state index is 13.8. The molecule has 172 valence electrons. The van der Waals surface area contributed by atoms with E-state index in [1.165, 1.54) is 4.90 Å². The summed E-state index contributed by atoms with van der Waals surface area (Å²) in [6, 6.07) is 1.92. The molecule has 0 unspecified atom stereocenters. The highest BCUT2D eigenvalue weighted by atomic mass is 19.4. The molecule has 0 spiro atoms. The Morgan fingerprint density at radius 1 is 1.00 bits per heavy atom. The van der Waals surface area contributed by atoms with Gasteiger partial charge in [-0.1, -0.05) is 13.8 Å². The van der Waals surface area contributed by atoms with Gasteiger partial charge in [0.2, 0.25) is 0 Å². The summed E-state index contributed by atoms with van der Waals surface area (Å²) in [5.41, 5.74) is -1.44. The van der Waals surface area contributed by atoms with Crippen LogP contribution in [0.2, 0.25) is 0 Å². The van der Waals surface area contributed by atoms with Gasteiger partial charge in [-0.25, -0.2) is 9.97 Å². The lowest BCUT2D eigenvalue weighted by Gasteiger charge is -2.31.